The third-order valence-electron chi connectivity index (χ3n) is 4.60. The molecule has 0 atom stereocenters. The number of carbonyl (C=O) groups excluding carboxylic acids is 1. The molecule has 0 saturated carbocycles. The molecule has 3 aromatic rings. The van der Waals surface area contributed by atoms with Crippen molar-refractivity contribution in [1.29, 1.82) is 0 Å². The number of nitrogens with one attached hydrogen (secondary N) is 2. The van der Waals surface area contributed by atoms with Crippen molar-refractivity contribution in [2.24, 2.45) is 0 Å². The molecule has 31 heavy (non-hydrogen) atoms. The molecule has 9 heteroatoms. The summed E-state index contributed by atoms with van der Waals surface area (Å²) in [6.45, 7) is 4.46. The first-order valence-corrected chi connectivity index (χ1v) is 11.2. The van der Waals surface area contributed by atoms with E-state index < -0.39 is 10.0 Å². The summed E-state index contributed by atoms with van der Waals surface area (Å²) in [7, 11) is -3.81. The Labute approximate surface area is 181 Å². The predicted molar refractivity (Wildman–Crippen MR) is 119 cm³/mol. The predicted octanol–water partition coefficient (Wildman–Crippen LogP) is 3.69. The molecule has 8 nitrogen and oxygen atoms in total. The molecule has 3 rings (SSSR count). The molecule has 2 aromatic carbocycles. The van der Waals surface area contributed by atoms with Gasteiger partial charge in [0.05, 0.1) is 11.5 Å². The molecule has 0 unspecified atom stereocenters. The molecular weight excluding hydrogens is 416 g/mol. The number of sulfonamides is 1. The van der Waals surface area contributed by atoms with E-state index >= 15 is 0 Å². The van der Waals surface area contributed by atoms with Gasteiger partial charge in [-0.2, -0.15) is 0 Å². The van der Waals surface area contributed by atoms with Crippen LogP contribution in [-0.2, 0) is 14.8 Å². The van der Waals surface area contributed by atoms with Gasteiger partial charge in [-0.05, 0) is 67.8 Å². The lowest BCUT2D eigenvalue weighted by atomic mass is 10.1. The van der Waals surface area contributed by atoms with Gasteiger partial charge in [-0.3, -0.25) is 4.79 Å². The quantitative estimate of drug-likeness (QED) is 0.491. The average molecular weight is 441 g/mol. The summed E-state index contributed by atoms with van der Waals surface area (Å²) < 4.78 is 32.8. The van der Waals surface area contributed by atoms with Crippen LogP contribution in [-0.4, -0.2) is 30.9 Å². The molecule has 0 fully saturated rings. The summed E-state index contributed by atoms with van der Waals surface area (Å²) in [5, 5.41) is 2.76. The highest BCUT2D eigenvalue weighted by Gasteiger charge is 2.15. The second-order valence-electron chi connectivity index (χ2n) is 6.90. The van der Waals surface area contributed by atoms with Crippen LogP contribution in [0.1, 0.15) is 24.0 Å². The summed E-state index contributed by atoms with van der Waals surface area (Å²) in [6, 6.07) is 13.3. The van der Waals surface area contributed by atoms with Crippen LogP contribution in [0.4, 0.5) is 11.6 Å². The van der Waals surface area contributed by atoms with E-state index in [2.05, 4.69) is 20.0 Å². The molecule has 0 saturated heterocycles. The van der Waals surface area contributed by atoms with Crippen LogP contribution in [0, 0.1) is 13.8 Å². The van der Waals surface area contributed by atoms with Gasteiger partial charge in [0.1, 0.15) is 5.75 Å². The molecule has 0 aliphatic heterocycles. The standard InChI is InChI=1S/C22H24N4O4S/c1-16-6-3-7-20(17(16)2)30-15-4-8-21(27)25-18-9-11-19(12-10-18)31(28,29)26-22-23-13-5-14-24-22/h3,5-7,9-14H,4,8,15H2,1-2H3,(H,25,27)(H,23,24,26). The molecule has 0 bridgehead atoms. The van der Waals surface area contributed by atoms with Gasteiger partial charge >= 0.3 is 0 Å². The van der Waals surface area contributed by atoms with Gasteiger partial charge in [-0.1, -0.05) is 12.1 Å². The van der Waals surface area contributed by atoms with Crippen LogP contribution in [0.2, 0.25) is 0 Å². The SMILES string of the molecule is Cc1cccc(OCCCC(=O)Nc2ccc(S(=O)(=O)Nc3ncccn3)cc2)c1C. The number of hydrogen-bond donors (Lipinski definition) is 2. The molecule has 162 valence electrons. The normalized spacial score (nSPS) is 11.0. The molecule has 0 radical (unpaired) electrons. The Morgan fingerprint density at radius 2 is 1.71 bits per heavy atom. The highest BCUT2D eigenvalue weighted by atomic mass is 32.2. The van der Waals surface area contributed by atoms with Gasteiger partial charge in [-0.25, -0.2) is 23.1 Å². The molecule has 1 amide bonds. The first-order chi connectivity index (χ1) is 14.8. The average Bonchev–Trinajstić information content (AvgIpc) is 2.75. The van der Waals surface area contributed by atoms with E-state index in [9.17, 15) is 13.2 Å². The number of amides is 1. The number of rotatable bonds is 9. The van der Waals surface area contributed by atoms with Crippen LogP contribution in [0.5, 0.6) is 5.75 Å². The van der Waals surface area contributed by atoms with Crippen molar-refractivity contribution in [3.8, 4) is 5.75 Å². The fourth-order valence-electron chi connectivity index (χ4n) is 2.77. The molecule has 0 aliphatic carbocycles. The minimum absolute atomic E-state index is 0.0112. The molecule has 1 heterocycles. The molecule has 0 spiro atoms. The Morgan fingerprint density at radius 1 is 1.00 bits per heavy atom. The third kappa shape index (κ3) is 6.26. The second-order valence-corrected chi connectivity index (χ2v) is 8.58. The third-order valence-corrected chi connectivity index (χ3v) is 5.94. The smallest absolute Gasteiger partial charge is 0.264 e. The van der Waals surface area contributed by atoms with E-state index in [1.54, 1.807) is 6.07 Å². The number of aryl methyl sites for hydroxylation is 1. The van der Waals surface area contributed by atoms with Crippen LogP contribution in [0.3, 0.4) is 0 Å². The Balaban J connectivity index is 1.48. The van der Waals surface area contributed by atoms with Crippen LogP contribution in [0.15, 0.2) is 65.8 Å². The van der Waals surface area contributed by atoms with E-state index in [0.717, 1.165) is 16.9 Å². The molecule has 1 aromatic heterocycles. The van der Waals surface area contributed by atoms with Crippen molar-refractivity contribution in [2.75, 3.05) is 16.6 Å². The van der Waals surface area contributed by atoms with Crippen LogP contribution < -0.4 is 14.8 Å². The Hall–Kier alpha value is -3.46. The first-order valence-electron chi connectivity index (χ1n) is 9.74. The van der Waals surface area contributed by atoms with E-state index in [0.29, 0.717) is 18.7 Å². The topological polar surface area (TPSA) is 110 Å². The van der Waals surface area contributed by atoms with E-state index in [1.807, 2.05) is 32.0 Å². The lowest BCUT2D eigenvalue weighted by Gasteiger charge is -2.11. The van der Waals surface area contributed by atoms with Crippen molar-refractivity contribution in [1.82, 2.24) is 9.97 Å². The summed E-state index contributed by atoms with van der Waals surface area (Å²) in [6.07, 6.45) is 3.73. The monoisotopic (exact) mass is 440 g/mol. The number of carbonyl (C=O) groups is 1. The second kappa shape index (κ2) is 10.0. The van der Waals surface area contributed by atoms with Crippen LogP contribution >= 0.6 is 0 Å². The van der Waals surface area contributed by atoms with Crippen molar-refractivity contribution in [3.05, 3.63) is 72.1 Å². The maximum Gasteiger partial charge on any atom is 0.264 e. The van der Waals surface area contributed by atoms with Crippen LogP contribution in [0.25, 0.3) is 0 Å². The molecule has 2 N–H and O–H groups in total. The number of hydrogen-bond acceptors (Lipinski definition) is 6. The summed E-state index contributed by atoms with van der Waals surface area (Å²) in [5.41, 5.74) is 2.76. The highest BCUT2D eigenvalue weighted by Crippen LogP contribution is 2.21. The fraction of sp³-hybridized carbons (Fsp3) is 0.227. The van der Waals surface area contributed by atoms with Gasteiger partial charge in [0.25, 0.3) is 10.0 Å². The maximum atomic E-state index is 12.4. The van der Waals surface area contributed by atoms with Gasteiger partial charge < -0.3 is 10.1 Å². The van der Waals surface area contributed by atoms with E-state index in [4.69, 9.17) is 4.74 Å². The van der Waals surface area contributed by atoms with Crippen molar-refractivity contribution in [2.45, 2.75) is 31.6 Å². The number of nitrogens with zero attached hydrogens (tertiary/aromatic N) is 2. The Bertz CT molecular complexity index is 1130. The van der Waals surface area contributed by atoms with Gasteiger partial charge in [0.15, 0.2) is 0 Å². The lowest BCUT2D eigenvalue weighted by molar-refractivity contribution is -0.116. The maximum absolute atomic E-state index is 12.4. The Morgan fingerprint density at radius 3 is 2.42 bits per heavy atom. The van der Waals surface area contributed by atoms with Gasteiger partial charge in [0, 0.05) is 24.5 Å². The first kappa shape index (κ1) is 22.2. The Kier molecular flexibility index (Phi) is 7.19. The van der Waals surface area contributed by atoms with E-state index in [-0.39, 0.29) is 23.2 Å². The number of anilines is 2. The number of aromatic nitrogens is 2. The zero-order valence-corrected chi connectivity index (χ0v) is 18.1. The van der Waals surface area contributed by atoms with Gasteiger partial charge in [0.2, 0.25) is 11.9 Å². The fourth-order valence-corrected chi connectivity index (χ4v) is 3.73. The van der Waals surface area contributed by atoms with Crippen molar-refractivity contribution >= 4 is 27.6 Å². The number of benzene rings is 2. The van der Waals surface area contributed by atoms with Crippen molar-refractivity contribution in [3.63, 3.8) is 0 Å². The number of ether oxygens (including phenoxy) is 1. The zero-order valence-electron chi connectivity index (χ0n) is 17.3. The summed E-state index contributed by atoms with van der Waals surface area (Å²) in [5.74, 6) is 0.644. The van der Waals surface area contributed by atoms with E-state index in [1.165, 1.54) is 36.7 Å². The highest BCUT2D eigenvalue weighted by molar-refractivity contribution is 7.92. The van der Waals surface area contributed by atoms with Gasteiger partial charge in [-0.15, -0.1) is 0 Å². The largest absolute Gasteiger partial charge is 0.493 e. The van der Waals surface area contributed by atoms with Crippen molar-refractivity contribution < 1.29 is 17.9 Å². The minimum atomic E-state index is -3.81. The summed E-state index contributed by atoms with van der Waals surface area (Å²) >= 11 is 0. The summed E-state index contributed by atoms with van der Waals surface area (Å²) in [4.78, 5) is 19.9. The molecular formula is C22H24N4O4S. The lowest BCUT2D eigenvalue weighted by Crippen LogP contribution is -2.15. The zero-order chi connectivity index (χ0) is 22.3. The minimum Gasteiger partial charge on any atom is -0.493 e. The molecule has 0 aliphatic rings.